The van der Waals surface area contributed by atoms with Crippen molar-refractivity contribution in [2.45, 2.75) is 31.6 Å². The minimum atomic E-state index is 0.167. The molecule has 0 aromatic heterocycles. The molecule has 1 aromatic carbocycles. The van der Waals surface area contributed by atoms with Gasteiger partial charge in [0.25, 0.3) is 0 Å². The van der Waals surface area contributed by atoms with E-state index < -0.39 is 0 Å². The number of ketones is 1. The van der Waals surface area contributed by atoms with E-state index in [0.717, 1.165) is 23.3 Å². The largest absolute Gasteiger partial charge is 0.294 e. The lowest BCUT2D eigenvalue weighted by Crippen LogP contribution is -1.99. The van der Waals surface area contributed by atoms with Crippen LogP contribution in [0.4, 0.5) is 0 Å². The van der Waals surface area contributed by atoms with Crippen LogP contribution in [0, 0.1) is 0 Å². The fourth-order valence-corrected chi connectivity index (χ4v) is 2.02. The predicted octanol–water partition coefficient (Wildman–Crippen LogP) is 4.34. The van der Waals surface area contributed by atoms with Crippen LogP contribution in [0.2, 0.25) is 0 Å². The van der Waals surface area contributed by atoms with Crippen molar-refractivity contribution in [2.75, 3.05) is 5.75 Å². The molecule has 0 bridgehead atoms. The van der Waals surface area contributed by atoms with Gasteiger partial charge in [0.1, 0.15) is 0 Å². The average molecular weight is 234 g/mol. The highest BCUT2D eigenvalue weighted by Gasteiger charge is 2.06. The lowest BCUT2D eigenvalue weighted by atomic mass is 10.0. The Bertz CT molecular complexity index is 365. The van der Waals surface area contributed by atoms with Crippen molar-refractivity contribution in [3.05, 3.63) is 42.0 Å². The number of thioether (sulfide) groups is 1. The number of hydrogen-bond acceptors (Lipinski definition) is 2. The summed E-state index contributed by atoms with van der Waals surface area (Å²) < 4.78 is 0. The smallest absolute Gasteiger partial charge is 0.166 e. The highest BCUT2D eigenvalue weighted by atomic mass is 32.2. The molecule has 0 spiro atoms. The van der Waals surface area contributed by atoms with E-state index in [9.17, 15) is 4.79 Å². The second-order valence-corrected chi connectivity index (χ2v) is 5.00. The van der Waals surface area contributed by atoms with Crippen molar-refractivity contribution in [1.29, 1.82) is 0 Å². The maximum Gasteiger partial charge on any atom is 0.166 e. The number of Topliss-reactive ketones (excluding diaryl/α,β-unsaturated/α-hetero) is 1. The molecule has 1 aromatic rings. The highest BCUT2D eigenvalue weighted by molar-refractivity contribution is 7.99. The second kappa shape index (κ2) is 6.54. The van der Waals surface area contributed by atoms with E-state index in [-0.39, 0.29) is 5.78 Å². The van der Waals surface area contributed by atoms with Crippen LogP contribution in [0.5, 0.6) is 0 Å². The van der Waals surface area contributed by atoms with Gasteiger partial charge in [-0.05, 0) is 24.3 Å². The van der Waals surface area contributed by atoms with Crippen LogP contribution in [-0.2, 0) is 0 Å². The van der Waals surface area contributed by atoms with E-state index in [4.69, 9.17) is 0 Å². The molecule has 0 unspecified atom stereocenters. The van der Waals surface area contributed by atoms with Gasteiger partial charge in [-0.1, -0.05) is 38.1 Å². The Morgan fingerprint density at radius 2 is 1.88 bits per heavy atom. The van der Waals surface area contributed by atoms with Crippen molar-refractivity contribution in [3.8, 4) is 0 Å². The summed E-state index contributed by atoms with van der Waals surface area (Å²) in [5.74, 6) is 1.22. The van der Waals surface area contributed by atoms with Crippen molar-refractivity contribution >= 4 is 17.5 Å². The van der Waals surface area contributed by atoms with Crippen LogP contribution in [0.3, 0.4) is 0 Å². The zero-order valence-electron chi connectivity index (χ0n) is 9.95. The summed E-state index contributed by atoms with van der Waals surface area (Å²) in [4.78, 5) is 13.0. The topological polar surface area (TPSA) is 17.1 Å². The Balaban J connectivity index is 2.66. The number of carbonyl (C=O) groups excluding carboxylic acids is 1. The average Bonchev–Trinajstić information content (AvgIpc) is 2.30. The molecule has 0 heterocycles. The van der Waals surface area contributed by atoms with Gasteiger partial charge >= 0.3 is 0 Å². The summed E-state index contributed by atoms with van der Waals surface area (Å²) >= 11 is 1.79. The van der Waals surface area contributed by atoms with Gasteiger partial charge in [0, 0.05) is 16.9 Å². The number of rotatable bonds is 6. The Morgan fingerprint density at radius 1 is 1.25 bits per heavy atom. The minimum absolute atomic E-state index is 0.167. The maximum absolute atomic E-state index is 11.8. The van der Waals surface area contributed by atoms with Gasteiger partial charge in [-0.3, -0.25) is 4.79 Å². The zero-order valence-corrected chi connectivity index (χ0v) is 10.8. The molecule has 0 aliphatic carbocycles. The van der Waals surface area contributed by atoms with Crippen LogP contribution in [-0.4, -0.2) is 11.5 Å². The van der Waals surface area contributed by atoms with Crippen LogP contribution in [0.1, 0.15) is 37.0 Å². The van der Waals surface area contributed by atoms with Crippen LogP contribution in [0.15, 0.2) is 41.3 Å². The SMILES string of the molecule is C=C(CC)CC(=O)c1ccc(SCC)cc1. The second-order valence-electron chi connectivity index (χ2n) is 3.66. The molecule has 1 nitrogen and oxygen atoms in total. The summed E-state index contributed by atoms with van der Waals surface area (Å²) in [5, 5.41) is 0. The summed E-state index contributed by atoms with van der Waals surface area (Å²) in [6, 6.07) is 7.83. The first-order chi connectivity index (χ1) is 7.67. The first-order valence-electron chi connectivity index (χ1n) is 5.60. The molecule has 0 aliphatic rings. The Labute approximate surface area is 102 Å². The van der Waals surface area contributed by atoms with Gasteiger partial charge in [-0.25, -0.2) is 0 Å². The lowest BCUT2D eigenvalue weighted by molar-refractivity contribution is 0.0992. The van der Waals surface area contributed by atoms with Crippen molar-refractivity contribution in [2.24, 2.45) is 0 Å². The fraction of sp³-hybridized carbons (Fsp3) is 0.357. The first kappa shape index (κ1) is 13.0. The lowest BCUT2D eigenvalue weighted by Gasteiger charge is -2.03. The Morgan fingerprint density at radius 3 is 2.38 bits per heavy atom. The van der Waals surface area contributed by atoms with E-state index >= 15 is 0 Å². The molecule has 0 aliphatic heterocycles. The molecule has 0 atom stereocenters. The third kappa shape index (κ3) is 3.86. The van der Waals surface area contributed by atoms with E-state index in [0.29, 0.717) is 6.42 Å². The molecular weight excluding hydrogens is 216 g/mol. The summed E-state index contributed by atoms with van der Waals surface area (Å²) in [7, 11) is 0. The van der Waals surface area contributed by atoms with E-state index in [1.807, 2.05) is 31.2 Å². The summed E-state index contributed by atoms with van der Waals surface area (Å²) in [5.41, 5.74) is 1.78. The maximum atomic E-state index is 11.8. The third-order valence-corrected chi connectivity index (χ3v) is 3.29. The molecule has 0 saturated carbocycles. The zero-order chi connectivity index (χ0) is 12.0. The van der Waals surface area contributed by atoms with Gasteiger partial charge in [-0.15, -0.1) is 11.8 Å². The summed E-state index contributed by atoms with van der Waals surface area (Å²) in [6.07, 6.45) is 1.34. The molecule has 0 N–H and O–H groups in total. The van der Waals surface area contributed by atoms with Gasteiger partial charge in [0.15, 0.2) is 5.78 Å². The van der Waals surface area contributed by atoms with Crippen LogP contribution < -0.4 is 0 Å². The van der Waals surface area contributed by atoms with Crippen molar-refractivity contribution in [3.63, 3.8) is 0 Å². The summed E-state index contributed by atoms with van der Waals surface area (Å²) in [6.45, 7) is 8.01. The molecule has 1 rings (SSSR count). The van der Waals surface area contributed by atoms with Gasteiger partial charge in [-0.2, -0.15) is 0 Å². The molecule has 0 fully saturated rings. The van der Waals surface area contributed by atoms with Gasteiger partial charge < -0.3 is 0 Å². The van der Waals surface area contributed by atoms with Gasteiger partial charge in [0.05, 0.1) is 0 Å². The quantitative estimate of drug-likeness (QED) is 0.414. The number of hydrogen-bond donors (Lipinski definition) is 0. The highest BCUT2D eigenvalue weighted by Crippen LogP contribution is 2.19. The number of carbonyl (C=O) groups is 1. The molecular formula is C14H18OS. The normalized spacial score (nSPS) is 10.1. The van der Waals surface area contributed by atoms with E-state index in [1.165, 1.54) is 4.90 Å². The standard InChI is InChI=1S/C14H18OS/c1-4-11(3)10-14(15)12-6-8-13(9-7-12)16-5-2/h6-9H,3-5,10H2,1-2H3. The van der Waals surface area contributed by atoms with Crippen molar-refractivity contribution in [1.82, 2.24) is 0 Å². The number of allylic oxidation sites excluding steroid dienone is 1. The molecule has 0 saturated heterocycles. The van der Waals surface area contributed by atoms with E-state index in [2.05, 4.69) is 13.5 Å². The van der Waals surface area contributed by atoms with Crippen LogP contribution in [0.25, 0.3) is 0 Å². The van der Waals surface area contributed by atoms with Crippen LogP contribution >= 0.6 is 11.8 Å². The molecule has 16 heavy (non-hydrogen) atoms. The third-order valence-electron chi connectivity index (χ3n) is 2.40. The first-order valence-corrected chi connectivity index (χ1v) is 6.58. The Hall–Kier alpha value is -1.02. The monoisotopic (exact) mass is 234 g/mol. The molecule has 0 radical (unpaired) electrons. The number of benzene rings is 1. The predicted molar refractivity (Wildman–Crippen MR) is 71.2 cm³/mol. The molecule has 86 valence electrons. The van der Waals surface area contributed by atoms with Crippen molar-refractivity contribution < 1.29 is 4.79 Å². The minimum Gasteiger partial charge on any atom is -0.294 e. The van der Waals surface area contributed by atoms with E-state index in [1.54, 1.807) is 11.8 Å². The van der Waals surface area contributed by atoms with Gasteiger partial charge in [0.2, 0.25) is 0 Å². The Kier molecular flexibility index (Phi) is 5.33. The molecule has 0 amide bonds. The molecule has 2 heteroatoms. The fourth-order valence-electron chi connectivity index (χ4n) is 1.36.